The highest BCUT2D eigenvalue weighted by Crippen LogP contribution is 2.37. The van der Waals surface area contributed by atoms with Gasteiger partial charge in [-0.3, -0.25) is 0 Å². The predicted octanol–water partition coefficient (Wildman–Crippen LogP) is 6.94. The summed E-state index contributed by atoms with van der Waals surface area (Å²) in [7, 11) is 0. The Morgan fingerprint density at radius 2 is 1.74 bits per heavy atom. The lowest BCUT2D eigenvalue weighted by Gasteiger charge is -2.31. The second-order valence-electron chi connectivity index (χ2n) is 8.39. The number of hydrogen-bond donors (Lipinski definition) is 1. The number of hydrogen-bond acceptors (Lipinski definition) is 1. The van der Waals surface area contributed by atoms with Gasteiger partial charge < -0.3 is 14.8 Å². The van der Waals surface area contributed by atoms with Gasteiger partial charge in [-0.25, -0.2) is 4.79 Å². The Kier molecular flexibility index (Phi) is 5.40. The van der Waals surface area contributed by atoms with Gasteiger partial charge in [-0.15, -0.1) is 0 Å². The van der Waals surface area contributed by atoms with Crippen LogP contribution in [-0.4, -0.2) is 15.5 Å². The van der Waals surface area contributed by atoms with Crippen molar-refractivity contribution in [2.45, 2.75) is 25.7 Å². The first-order chi connectivity index (χ1) is 16.3. The van der Waals surface area contributed by atoms with Crippen LogP contribution in [0.5, 0.6) is 0 Å². The summed E-state index contributed by atoms with van der Waals surface area (Å²) in [5, 5.41) is 2.70. The molecule has 0 unspecified atom stereocenters. The van der Waals surface area contributed by atoms with E-state index in [4.69, 9.17) is 0 Å². The van der Waals surface area contributed by atoms with Crippen LogP contribution in [-0.2, 0) is 12.7 Å². The van der Waals surface area contributed by atoms with Crippen LogP contribution >= 0.6 is 0 Å². The van der Waals surface area contributed by atoms with E-state index in [0.29, 0.717) is 6.54 Å². The third-order valence-electron chi connectivity index (χ3n) is 6.02. The van der Waals surface area contributed by atoms with E-state index < -0.39 is 23.8 Å². The Balaban J connectivity index is 1.60. The number of urea groups is 1. The molecule has 0 saturated carbocycles. The molecule has 1 aliphatic heterocycles. The molecule has 4 nitrogen and oxygen atoms in total. The molecule has 0 radical (unpaired) electrons. The zero-order chi connectivity index (χ0) is 23.9. The molecule has 2 amide bonds. The number of amides is 2. The van der Waals surface area contributed by atoms with Crippen LogP contribution in [0.15, 0.2) is 91.1 Å². The van der Waals surface area contributed by atoms with Crippen LogP contribution < -0.4 is 5.32 Å². The Morgan fingerprint density at radius 1 is 0.941 bits per heavy atom. The second kappa shape index (κ2) is 8.41. The lowest BCUT2D eigenvalue weighted by molar-refractivity contribution is -0.137. The molecule has 2 heterocycles. The van der Waals surface area contributed by atoms with Crippen LogP contribution in [0.25, 0.3) is 5.69 Å². The fourth-order valence-corrected chi connectivity index (χ4v) is 4.50. The maximum atomic E-state index is 13.6. The number of carbonyl (C=O) groups is 1. The molecule has 172 valence electrons. The molecule has 0 aliphatic carbocycles. The number of rotatable bonds is 2. The van der Waals surface area contributed by atoms with Gasteiger partial charge in [0.05, 0.1) is 23.8 Å². The zero-order valence-corrected chi connectivity index (χ0v) is 18.4. The number of anilines is 1. The summed E-state index contributed by atoms with van der Waals surface area (Å²) < 4.78 is 41.7. The number of carbonyl (C=O) groups excluding carboxylic acids is 1. The molecular weight excluding hydrogens is 439 g/mol. The molecule has 7 heteroatoms. The van der Waals surface area contributed by atoms with Gasteiger partial charge in [0.2, 0.25) is 0 Å². The zero-order valence-electron chi connectivity index (χ0n) is 18.4. The number of nitrogens with zero attached hydrogens (tertiary/aromatic N) is 2. The van der Waals surface area contributed by atoms with E-state index in [1.54, 1.807) is 4.90 Å². The fraction of sp³-hybridized carbons (Fsp3) is 0.148. The van der Waals surface area contributed by atoms with Crippen molar-refractivity contribution in [1.82, 2.24) is 9.47 Å². The molecular formula is C27H22F3N3O. The van der Waals surface area contributed by atoms with Gasteiger partial charge in [0.1, 0.15) is 0 Å². The molecule has 5 rings (SSSR count). The van der Waals surface area contributed by atoms with Gasteiger partial charge in [-0.2, -0.15) is 13.2 Å². The van der Waals surface area contributed by atoms with E-state index in [1.165, 1.54) is 12.1 Å². The van der Waals surface area contributed by atoms with Crippen molar-refractivity contribution in [3.63, 3.8) is 0 Å². The summed E-state index contributed by atoms with van der Waals surface area (Å²) in [5.41, 5.74) is 4.06. The third-order valence-corrected chi connectivity index (χ3v) is 6.02. The number of halogens is 3. The van der Waals surface area contributed by atoms with Crippen molar-refractivity contribution in [3.05, 3.63) is 119 Å². The lowest BCUT2D eigenvalue weighted by atomic mass is 10.00. The van der Waals surface area contributed by atoms with Crippen molar-refractivity contribution in [2.24, 2.45) is 0 Å². The Hall–Kier alpha value is -4.00. The van der Waals surface area contributed by atoms with Crippen molar-refractivity contribution in [1.29, 1.82) is 0 Å². The van der Waals surface area contributed by atoms with Crippen molar-refractivity contribution in [2.75, 3.05) is 5.32 Å². The molecule has 3 aromatic carbocycles. The van der Waals surface area contributed by atoms with E-state index in [9.17, 15) is 18.0 Å². The van der Waals surface area contributed by atoms with Gasteiger partial charge in [-0.05, 0) is 54.4 Å². The summed E-state index contributed by atoms with van der Waals surface area (Å²) in [6, 6.07) is 23.4. The summed E-state index contributed by atoms with van der Waals surface area (Å²) in [6.07, 6.45) is -2.53. The molecule has 1 atom stereocenters. The van der Waals surface area contributed by atoms with Gasteiger partial charge in [0, 0.05) is 17.6 Å². The highest BCUT2D eigenvalue weighted by atomic mass is 19.4. The number of nitrogens with one attached hydrogen (secondary N) is 1. The molecule has 1 aliphatic rings. The van der Waals surface area contributed by atoms with E-state index in [0.717, 1.165) is 40.2 Å². The van der Waals surface area contributed by atoms with Gasteiger partial charge >= 0.3 is 12.2 Å². The standard InChI is InChI=1S/C27H22F3N3O/c1-18-7-4-9-19(15-18)25-24-13-6-14-32(24)23-12-3-2-8-20(23)17-33(25)26(34)31-22-11-5-10-21(16-22)27(28,29)30/h2-16,25H,17H2,1H3,(H,31,34)/t25-/m1/s1. The molecule has 1 aromatic heterocycles. The van der Waals surface area contributed by atoms with Crippen molar-refractivity contribution < 1.29 is 18.0 Å². The number of fused-ring (bicyclic) bond motifs is 3. The summed E-state index contributed by atoms with van der Waals surface area (Å²) in [5.74, 6) is 0. The summed E-state index contributed by atoms with van der Waals surface area (Å²) in [4.78, 5) is 15.3. The molecule has 0 bridgehead atoms. The monoisotopic (exact) mass is 461 g/mol. The lowest BCUT2D eigenvalue weighted by Crippen LogP contribution is -2.38. The van der Waals surface area contributed by atoms with Crippen molar-refractivity contribution in [3.8, 4) is 5.69 Å². The molecule has 4 aromatic rings. The SMILES string of the molecule is Cc1cccc([C@@H]2c3cccn3-c3ccccc3CN2C(=O)Nc2cccc(C(F)(F)F)c2)c1. The van der Waals surface area contributed by atoms with Gasteiger partial charge in [0.15, 0.2) is 0 Å². The Bertz CT molecular complexity index is 1360. The van der Waals surface area contributed by atoms with Gasteiger partial charge in [-0.1, -0.05) is 54.1 Å². The first-order valence-electron chi connectivity index (χ1n) is 10.9. The van der Waals surface area contributed by atoms with E-state index in [2.05, 4.69) is 9.88 Å². The van der Waals surface area contributed by atoms with Crippen LogP contribution in [0.4, 0.5) is 23.7 Å². The predicted molar refractivity (Wildman–Crippen MR) is 125 cm³/mol. The number of aryl methyl sites for hydroxylation is 1. The minimum atomic E-state index is -4.49. The molecule has 34 heavy (non-hydrogen) atoms. The fourth-order valence-electron chi connectivity index (χ4n) is 4.50. The molecule has 0 fully saturated rings. The van der Waals surface area contributed by atoms with E-state index in [-0.39, 0.29) is 5.69 Å². The summed E-state index contributed by atoms with van der Waals surface area (Å²) in [6.45, 7) is 2.28. The van der Waals surface area contributed by atoms with E-state index in [1.807, 2.05) is 73.8 Å². The Morgan fingerprint density at radius 3 is 2.53 bits per heavy atom. The van der Waals surface area contributed by atoms with Crippen LogP contribution in [0.3, 0.4) is 0 Å². The first kappa shape index (κ1) is 21.8. The summed E-state index contributed by atoms with van der Waals surface area (Å²) >= 11 is 0. The highest BCUT2D eigenvalue weighted by molar-refractivity contribution is 5.90. The maximum Gasteiger partial charge on any atom is 0.416 e. The third kappa shape index (κ3) is 4.05. The minimum Gasteiger partial charge on any atom is -0.318 e. The highest BCUT2D eigenvalue weighted by Gasteiger charge is 2.34. The van der Waals surface area contributed by atoms with Gasteiger partial charge in [0.25, 0.3) is 0 Å². The quantitative estimate of drug-likeness (QED) is 0.345. The smallest absolute Gasteiger partial charge is 0.318 e. The number of benzene rings is 3. The number of aromatic nitrogens is 1. The number of para-hydroxylation sites is 1. The van der Waals surface area contributed by atoms with Crippen molar-refractivity contribution >= 4 is 11.7 Å². The van der Waals surface area contributed by atoms with Crippen LogP contribution in [0, 0.1) is 6.92 Å². The average molecular weight is 461 g/mol. The minimum absolute atomic E-state index is 0.0933. The Labute approximate surface area is 195 Å². The van der Waals surface area contributed by atoms with Crippen LogP contribution in [0.2, 0.25) is 0 Å². The van der Waals surface area contributed by atoms with E-state index >= 15 is 0 Å². The normalized spacial score (nSPS) is 15.3. The first-order valence-corrected chi connectivity index (χ1v) is 10.9. The number of alkyl halides is 3. The molecule has 1 N–H and O–H groups in total. The second-order valence-corrected chi connectivity index (χ2v) is 8.39. The maximum absolute atomic E-state index is 13.6. The average Bonchev–Trinajstić information content (AvgIpc) is 3.23. The molecule has 0 spiro atoms. The molecule has 0 saturated heterocycles. The largest absolute Gasteiger partial charge is 0.416 e. The topological polar surface area (TPSA) is 37.3 Å². The van der Waals surface area contributed by atoms with Crippen LogP contribution in [0.1, 0.15) is 34.0 Å².